The van der Waals surface area contributed by atoms with Crippen molar-refractivity contribution in [3.8, 4) is 17.3 Å². The normalized spacial score (nSPS) is 11.5. The van der Waals surface area contributed by atoms with Gasteiger partial charge in [-0.3, -0.25) is 14.9 Å². The molecule has 0 radical (unpaired) electrons. The maximum absolute atomic E-state index is 13.0. The number of Topliss-reactive ketones (excluding diaryl/α,β-unsaturated/α-hetero) is 1. The summed E-state index contributed by atoms with van der Waals surface area (Å²) in [5.74, 6) is -2.08. The topological polar surface area (TPSA) is 96.9 Å². The van der Waals surface area contributed by atoms with Crippen LogP contribution >= 0.6 is 11.3 Å². The maximum Gasteiger partial charge on any atom is 0.270 e. The molecule has 1 aromatic heterocycles. The highest BCUT2D eigenvalue weighted by molar-refractivity contribution is 7.10. The van der Waals surface area contributed by atoms with E-state index in [0.29, 0.717) is 11.3 Å². The Morgan fingerprint density at radius 3 is 2.65 bits per heavy atom. The van der Waals surface area contributed by atoms with Gasteiger partial charge in [0.1, 0.15) is 10.8 Å². The second-order valence-corrected chi connectivity index (χ2v) is 6.20. The van der Waals surface area contributed by atoms with Crippen LogP contribution in [0.1, 0.15) is 21.3 Å². The van der Waals surface area contributed by atoms with Crippen LogP contribution in [0.3, 0.4) is 0 Å². The Kier molecular flexibility index (Phi) is 4.82. The first kappa shape index (κ1) is 17.4. The summed E-state index contributed by atoms with van der Waals surface area (Å²) in [6, 6.07) is 12.8. The molecule has 0 N–H and O–H groups in total. The van der Waals surface area contributed by atoms with Gasteiger partial charge in [-0.15, -0.1) is 11.3 Å². The summed E-state index contributed by atoms with van der Waals surface area (Å²) in [7, 11) is 0. The second kappa shape index (κ2) is 7.21. The van der Waals surface area contributed by atoms with Crippen molar-refractivity contribution in [1.29, 1.82) is 5.26 Å². The van der Waals surface area contributed by atoms with Gasteiger partial charge >= 0.3 is 0 Å². The first-order valence-electron chi connectivity index (χ1n) is 7.39. The molecule has 0 aliphatic rings. The molecule has 1 atom stereocenters. The molecule has 26 heavy (non-hydrogen) atoms. The van der Waals surface area contributed by atoms with Crippen LogP contribution < -0.4 is 0 Å². The monoisotopic (exact) mass is 367 g/mol. The van der Waals surface area contributed by atoms with Crippen LogP contribution in [-0.4, -0.2) is 15.7 Å². The van der Waals surface area contributed by atoms with Gasteiger partial charge in [-0.05, 0) is 24.3 Å². The number of ketones is 1. The summed E-state index contributed by atoms with van der Waals surface area (Å²) < 4.78 is 13.0. The van der Waals surface area contributed by atoms with Gasteiger partial charge in [-0.2, -0.15) is 5.26 Å². The third-order valence-electron chi connectivity index (χ3n) is 3.64. The van der Waals surface area contributed by atoms with Gasteiger partial charge in [0.15, 0.2) is 11.7 Å². The fourth-order valence-electron chi connectivity index (χ4n) is 2.34. The number of nitro groups is 1. The van der Waals surface area contributed by atoms with Crippen molar-refractivity contribution >= 4 is 22.8 Å². The third kappa shape index (κ3) is 3.48. The van der Waals surface area contributed by atoms with Crippen LogP contribution in [0.25, 0.3) is 11.3 Å². The van der Waals surface area contributed by atoms with E-state index in [0.717, 1.165) is 23.5 Å². The lowest BCUT2D eigenvalue weighted by Crippen LogP contribution is -2.11. The van der Waals surface area contributed by atoms with Gasteiger partial charge in [0, 0.05) is 28.6 Å². The van der Waals surface area contributed by atoms with Crippen molar-refractivity contribution in [3.05, 3.63) is 80.4 Å². The minimum atomic E-state index is -1.13. The van der Waals surface area contributed by atoms with Gasteiger partial charge in [0.05, 0.1) is 16.7 Å². The van der Waals surface area contributed by atoms with E-state index in [1.54, 1.807) is 11.4 Å². The lowest BCUT2D eigenvalue weighted by molar-refractivity contribution is -0.384. The molecule has 3 rings (SSSR count). The number of carbonyl (C=O) groups excluding carboxylic acids is 1. The minimum absolute atomic E-state index is 0.0729. The van der Waals surface area contributed by atoms with E-state index in [1.807, 2.05) is 6.07 Å². The Hall–Kier alpha value is -3.44. The number of rotatable bonds is 5. The van der Waals surface area contributed by atoms with E-state index in [1.165, 1.54) is 30.3 Å². The number of hydrogen-bond acceptors (Lipinski definition) is 6. The van der Waals surface area contributed by atoms with Crippen LogP contribution in [0.4, 0.5) is 10.1 Å². The molecule has 8 heteroatoms. The molecule has 1 heterocycles. The SMILES string of the molecule is N#CC(C(=O)c1ccc(F)cc1)c1nc(-c2cccc([N+](=O)[O-])c2)cs1. The van der Waals surface area contributed by atoms with E-state index in [4.69, 9.17) is 0 Å². The fourth-order valence-corrected chi connectivity index (χ4v) is 3.21. The molecule has 128 valence electrons. The number of halogens is 1. The van der Waals surface area contributed by atoms with Crippen LogP contribution in [0.15, 0.2) is 53.9 Å². The number of nitro benzene ring substituents is 1. The summed E-state index contributed by atoms with van der Waals surface area (Å²) in [4.78, 5) is 27.2. The molecular weight excluding hydrogens is 357 g/mol. The van der Waals surface area contributed by atoms with E-state index in [-0.39, 0.29) is 16.3 Å². The number of thiazole rings is 1. The van der Waals surface area contributed by atoms with Gasteiger partial charge in [0.25, 0.3) is 5.69 Å². The molecule has 0 fully saturated rings. The fraction of sp³-hybridized carbons (Fsp3) is 0.0556. The first-order chi connectivity index (χ1) is 12.5. The molecule has 0 aliphatic heterocycles. The van der Waals surface area contributed by atoms with E-state index in [2.05, 4.69) is 4.98 Å². The van der Waals surface area contributed by atoms with Crippen molar-refractivity contribution in [2.24, 2.45) is 0 Å². The number of nitriles is 1. The summed E-state index contributed by atoms with van der Waals surface area (Å²) in [5.41, 5.74) is 1.11. The Bertz CT molecular complexity index is 1020. The smallest absolute Gasteiger partial charge is 0.270 e. The first-order valence-corrected chi connectivity index (χ1v) is 8.27. The number of benzene rings is 2. The lowest BCUT2D eigenvalue weighted by atomic mass is 9.99. The molecule has 6 nitrogen and oxygen atoms in total. The van der Waals surface area contributed by atoms with Crippen molar-refractivity contribution < 1.29 is 14.1 Å². The number of non-ortho nitro benzene ring substituents is 1. The standard InChI is InChI=1S/C18H10FN3O3S/c19-13-6-4-11(5-7-13)17(23)15(9-20)18-21-16(10-26-18)12-2-1-3-14(8-12)22(24)25/h1-8,10,15H. The highest BCUT2D eigenvalue weighted by Crippen LogP contribution is 2.30. The molecule has 3 aromatic rings. The largest absolute Gasteiger partial charge is 0.292 e. The van der Waals surface area contributed by atoms with Crippen molar-refractivity contribution in [2.45, 2.75) is 5.92 Å². The number of carbonyl (C=O) groups is 1. The molecule has 0 spiro atoms. The summed E-state index contributed by atoms with van der Waals surface area (Å²) >= 11 is 1.12. The highest BCUT2D eigenvalue weighted by Gasteiger charge is 2.25. The molecule has 0 saturated carbocycles. The van der Waals surface area contributed by atoms with Crippen molar-refractivity contribution in [2.75, 3.05) is 0 Å². The average Bonchev–Trinajstić information content (AvgIpc) is 3.13. The summed E-state index contributed by atoms with van der Waals surface area (Å²) in [5, 5.41) is 22.2. The van der Waals surface area contributed by atoms with E-state index < -0.39 is 22.4 Å². The van der Waals surface area contributed by atoms with E-state index in [9.17, 15) is 24.6 Å². The minimum Gasteiger partial charge on any atom is -0.292 e. The molecule has 0 saturated heterocycles. The van der Waals surface area contributed by atoms with Crippen molar-refractivity contribution in [1.82, 2.24) is 4.98 Å². The summed E-state index contributed by atoms with van der Waals surface area (Å²) in [6.07, 6.45) is 0. The van der Waals surface area contributed by atoms with Gasteiger partial charge in [0.2, 0.25) is 0 Å². The Morgan fingerprint density at radius 1 is 1.27 bits per heavy atom. The van der Waals surface area contributed by atoms with Gasteiger partial charge < -0.3 is 0 Å². The zero-order chi connectivity index (χ0) is 18.7. The zero-order valence-corrected chi connectivity index (χ0v) is 13.9. The predicted molar refractivity (Wildman–Crippen MR) is 93.3 cm³/mol. The Labute approximate surface area is 151 Å². The molecular formula is C18H10FN3O3S. The quantitative estimate of drug-likeness (QED) is 0.379. The molecule has 2 aromatic carbocycles. The van der Waals surface area contributed by atoms with E-state index >= 15 is 0 Å². The van der Waals surface area contributed by atoms with Crippen LogP contribution in [-0.2, 0) is 0 Å². The molecule has 1 unspecified atom stereocenters. The Morgan fingerprint density at radius 2 is 2.00 bits per heavy atom. The molecule has 0 bridgehead atoms. The van der Waals surface area contributed by atoms with Crippen molar-refractivity contribution in [3.63, 3.8) is 0 Å². The molecule has 0 aliphatic carbocycles. The predicted octanol–water partition coefficient (Wildman–Crippen LogP) is 4.35. The third-order valence-corrected chi connectivity index (χ3v) is 4.55. The maximum atomic E-state index is 13.0. The number of nitrogens with zero attached hydrogens (tertiary/aromatic N) is 3. The zero-order valence-electron chi connectivity index (χ0n) is 13.1. The summed E-state index contributed by atoms with van der Waals surface area (Å²) in [6.45, 7) is 0. The number of hydrogen-bond donors (Lipinski definition) is 0. The molecule has 0 amide bonds. The Balaban J connectivity index is 1.91. The van der Waals surface area contributed by atoms with Gasteiger partial charge in [-0.25, -0.2) is 9.37 Å². The number of aromatic nitrogens is 1. The average molecular weight is 367 g/mol. The van der Waals surface area contributed by atoms with Gasteiger partial charge in [-0.1, -0.05) is 12.1 Å². The highest BCUT2D eigenvalue weighted by atomic mass is 32.1. The van der Waals surface area contributed by atoms with Crippen LogP contribution in [0, 0.1) is 27.3 Å². The lowest BCUT2D eigenvalue weighted by Gasteiger charge is -2.05. The van der Waals surface area contributed by atoms with Crippen LogP contribution in [0.2, 0.25) is 0 Å². The second-order valence-electron chi connectivity index (χ2n) is 5.31. The van der Waals surface area contributed by atoms with Crippen LogP contribution in [0.5, 0.6) is 0 Å².